The summed E-state index contributed by atoms with van der Waals surface area (Å²) in [5, 5.41) is 3.16. The van der Waals surface area contributed by atoms with Crippen LogP contribution in [-0.4, -0.2) is 19.4 Å². The molecule has 2 heteroatoms. The summed E-state index contributed by atoms with van der Waals surface area (Å²) in [7, 11) is 0. The topological polar surface area (TPSA) is 21.3 Å². The van der Waals surface area contributed by atoms with E-state index in [1.807, 2.05) is 0 Å². The van der Waals surface area contributed by atoms with E-state index in [0.717, 1.165) is 19.8 Å². The lowest BCUT2D eigenvalue weighted by atomic mass is 10.2. The molecule has 42 valence electrons. The molecule has 1 rings (SSSR count). The fraction of sp³-hybridized carbons (Fsp3) is 1.00. The Morgan fingerprint density at radius 2 is 2.57 bits per heavy atom. The van der Waals surface area contributed by atoms with Crippen LogP contribution in [-0.2, 0) is 4.74 Å². The van der Waals surface area contributed by atoms with Crippen molar-refractivity contribution in [3.8, 4) is 0 Å². The van der Waals surface area contributed by atoms with Crippen molar-refractivity contribution in [3.05, 3.63) is 0 Å². The van der Waals surface area contributed by atoms with Gasteiger partial charge in [-0.3, -0.25) is 5.32 Å². The molecule has 0 aromatic rings. The zero-order chi connectivity index (χ0) is 5.11. The molecule has 1 aliphatic rings. The Balaban J connectivity index is 2.12. The smallest absolute Gasteiger partial charge is 0.0967 e. The maximum atomic E-state index is 5.03. The number of rotatable bonds is 0. The van der Waals surface area contributed by atoms with Gasteiger partial charge in [0.25, 0.3) is 0 Å². The third kappa shape index (κ3) is 1.45. The van der Waals surface area contributed by atoms with Gasteiger partial charge in [-0.2, -0.15) is 0 Å². The highest BCUT2D eigenvalue weighted by molar-refractivity contribution is 4.59. The summed E-state index contributed by atoms with van der Waals surface area (Å²) in [5.41, 5.74) is 0. The molecule has 1 N–H and O–H groups in total. The molecule has 0 aromatic carbocycles. The summed E-state index contributed by atoms with van der Waals surface area (Å²) in [6.45, 7) is 3.83. The van der Waals surface area contributed by atoms with Gasteiger partial charge in [0.05, 0.1) is 6.73 Å². The molecule has 1 aliphatic heterocycles. The van der Waals surface area contributed by atoms with Gasteiger partial charge in [0.2, 0.25) is 0 Å². The lowest BCUT2D eigenvalue weighted by Crippen LogP contribution is -2.34. The first-order valence-electron chi connectivity index (χ1n) is 2.71. The zero-order valence-electron chi connectivity index (χ0n) is 4.61. The fourth-order valence-electron chi connectivity index (χ4n) is 0.636. The van der Waals surface area contributed by atoms with E-state index in [1.54, 1.807) is 0 Å². The van der Waals surface area contributed by atoms with E-state index in [-0.39, 0.29) is 0 Å². The van der Waals surface area contributed by atoms with Crippen molar-refractivity contribution in [3.63, 3.8) is 0 Å². The van der Waals surface area contributed by atoms with Crippen LogP contribution in [0.5, 0.6) is 0 Å². The molecule has 0 radical (unpaired) electrons. The SMILES string of the molecule is C[C@@H]1CCOCN1. The third-order valence-corrected chi connectivity index (χ3v) is 1.23. The molecular weight excluding hydrogens is 90.1 g/mol. The van der Waals surface area contributed by atoms with Gasteiger partial charge in [0.15, 0.2) is 0 Å². The van der Waals surface area contributed by atoms with Crippen LogP contribution < -0.4 is 5.32 Å². The van der Waals surface area contributed by atoms with Crippen LogP contribution in [0.2, 0.25) is 0 Å². The number of ether oxygens (including phenoxy) is 1. The van der Waals surface area contributed by atoms with Crippen LogP contribution in [0.3, 0.4) is 0 Å². The zero-order valence-corrected chi connectivity index (χ0v) is 4.61. The molecule has 0 aliphatic carbocycles. The third-order valence-electron chi connectivity index (χ3n) is 1.23. The van der Waals surface area contributed by atoms with Gasteiger partial charge in [0, 0.05) is 12.6 Å². The quantitative estimate of drug-likeness (QED) is 0.475. The first-order chi connectivity index (χ1) is 3.39. The van der Waals surface area contributed by atoms with Crippen LogP contribution in [0.25, 0.3) is 0 Å². The van der Waals surface area contributed by atoms with Crippen molar-refractivity contribution in [2.45, 2.75) is 19.4 Å². The van der Waals surface area contributed by atoms with Gasteiger partial charge < -0.3 is 4.74 Å². The van der Waals surface area contributed by atoms with Crippen molar-refractivity contribution < 1.29 is 4.74 Å². The Hall–Kier alpha value is -0.0800. The highest BCUT2D eigenvalue weighted by Crippen LogP contribution is 1.95. The minimum absolute atomic E-state index is 0.661. The van der Waals surface area contributed by atoms with E-state index in [2.05, 4.69) is 12.2 Å². The predicted molar refractivity (Wildman–Crippen MR) is 28.0 cm³/mol. The van der Waals surface area contributed by atoms with E-state index >= 15 is 0 Å². The minimum atomic E-state index is 0.661. The molecular formula is C5H11NO. The molecule has 1 atom stereocenters. The molecule has 0 spiro atoms. The van der Waals surface area contributed by atoms with Gasteiger partial charge in [-0.15, -0.1) is 0 Å². The minimum Gasteiger partial charge on any atom is -0.366 e. The van der Waals surface area contributed by atoms with Crippen LogP contribution in [0, 0.1) is 0 Å². The van der Waals surface area contributed by atoms with Gasteiger partial charge in [-0.1, -0.05) is 0 Å². The van der Waals surface area contributed by atoms with Crippen LogP contribution >= 0.6 is 0 Å². The predicted octanol–water partition coefficient (Wildman–Crippen LogP) is 0.342. The molecule has 0 amide bonds. The second kappa shape index (κ2) is 2.28. The number of hydrogen-bond acceptors (Lipinski definition) is 2. The maximum absolute atomic E-state index is 5.03. The summed E-state index contributed by atoms with van der Waals surface area (Å²) in [4.78, 5) is 0. The summed E-state index contributed by atoms with van der Waals surface area (Å²) in [6, 6.07) is 0.661. The average Bonchev–Trinajstić information content (AvgIpc) is 1.69. The summed E-state index contributed by atoms with van der Waals surface area (Å²) in [5.74, 6) is 0. The van der Waals surface area contributed by atoms with Gasteiger partial charge >= 0.3 is 0 Å². The Labute approximate surface area is 43.9 Å². The molecule has 0 unspecified atom stereocenters. The van der Waals surface area contributed by atoms with E-state index in [4.69, 9.17) is 4.74 Å². The summed E-state index contributed by atoms with van der Waals surface area (Å²) < 4.78 is 5.03. The lowest BCUT2D eigenvalue weighted by molar-refractivity contribution is 0.0655. The van der Waals surface area contributed by atoms with E-state index in [9.17, 15) is 0 Å². The van der Waals surface area contributed by atoms with Crippen molar-refractivity contribution in [2.75, 3.05) is 13.3 Å². The second-order valence-corrected chi connectivity index (χ2v) is 1.95. The highest BCUT2D eigenvalue weighted by Gasteiger charge is 2.04. The Kier molecular flexibility index (Phi) is 1.65. The van der Waals surface area contributed by atoms with E-state index in [0.29, 0.717) is 6.04 Å². The lowest BCUT2D eigenvalue weighted by Gasteiger charge is -2.18. The first-order valence-corrected chi connectivity index (χ1v) is 2.71. The fourth-order valence-corrected chi connectivity index (χ4v) is 0.636. The largest absolute Gasteiger partial charge is 0.366 e. The summed E-state index contributed by atoms with van der Waals surface area (Å²) >= 11 is 0. The highest BCUT2D eigenvalue weighted by atomic mass is 16.5. The molecule has 0 saturated carbocycles. The van der Waals surface area contributed by atoms with Gasteiger partial charge in [-0.05, 0) is 13.3 Å². The van der Waals surface area contributed by atoms with Crippen LogP contribution in [0.1, 0.15) is 13.3 Å². The normalized spacial score (nSPS) is 33.0. The second-order valence-electron chi connectivity index (χ2n) is 1.95. The van der Waals surface area contributed by atoms with Crippen molar-refractivity contribution in [1.82, 2.24) is 5.32 Å². The van der Waals surface area contributed by atoms with Gasteiger partial charge in [-0.25, -0.2) is 0 Å². The number of nitrogens with one attached hydrogen (secondary N) is 1. The number of hydrogen-bond donors (Lipinski definition) is 1. The molecule has 7 heavy (non-hydrogen) atoms. The summed E-state index contributed by atoms with van der Waals surface area (Å²) in [6.07, 6.45) is 1.15. The Morgan fingerprint density at radius 3 is 2.86 bits per heavy atom. The van der Waals surface area contributed by atoms with Crippen LogP contribution in [0.15, 0.2) is 0 Å². The molecule has 0 bridgehead atoms. The van der Waals surface area contributed by atoms with E-state index < -0.39 is 0 Å². The average molecular weight is 101 g/mol. The molecule has 2 nitrogen and oxygen atoms in total. The van der Waals surface area contributed by atoms with Crippen molar-refractivity contribution in [2.24, 2.45) is 0 Å². The standard InChI is InChI=1S/C5H11NO/c1-5-2-3-7-4-6-5/h5-6H,2-4H2,1H3/t5-/m1/s1. The molecule has 1 saturated heterocycles. The van der Waals surface area contributed by atoms with E-state index in [1.165, 1.54) is 0 Å². The monoisotopic (exact) mass is 101 g/mol. The molecule has 0 aromatic heterocycles. The Morgan fingerprint density at radius 1 is 1.71 bits per heavy atom. The Bertz CT molecular complexity index is 50.0. The van der Waals surface area contributed by atoms with Crippen molar-refractivity contribution >= 4 is 0 Å². The molecule has 1 fully saturated rings. The molecule has 1 heterocycles. The van der Waals surface area contributed by atoms with Gasteiger partial charge in [0.1, 0.15) is 0 Å². The van der Waals surface area contributed by atoms with Crippen LogP contribution in [0.4, 0.5) is 0 Å². The van der Waals surface area contributed by atoms with Crippen molar-refractivity contribution in [1.29, 1.82) is 0 Å². The first kappa shape index (κ1) is 5.06. The maximum Gasteiger partial charge on any atom is 0.0967 e.